The van der Waals surface area contributed by atoms with Crippen molar-refractivity contribution in [3.05, 3.63) is 52.2 Å². The number of carbonyl (C=O) groups excluding carboxylic acids is 1. The Hall–Kier alpha value is -2.18. The number of aryl methyl sites for hydroxylation is 1. The molecule has 5 nitrogen and oxygen atoms in total. The molecular formula is C16H17N3O2S. The molecule has 3 aromatic rings. The first-order valence-electron chi connectivity index (χ1n) is 7.02. The largest absolute Gasteiger partial charge is 0.459 e. The van der Waals surface area contributed by atoms with E-state index in [2.05, 4.69) is 16.4 Å². The van der Waals surface area contributed by atoms with Gasteiger partial charge in [-0.25, -0.2) is 4.98 Å². The first kappa shape index (κ1) is 14.7. The average molecular weight is 315 g/mol. The fraction of sp³-hybridized carbons (Fsp3) is 0.250. The number of benzene rings is 1. The molecule has 1 aromatic carbocycles. The summed E-state index contributed by atoms with van der Waals surface area (Å²) in [6.45, 7) is 2.39. The highest BCUT2D eigenvalue weighted by atomic mass is 32.1. The fourth-order valence-corrected chi connectivity index (χ4v) is 2.91. The molecular weight excluding hydrogens is 298 g/mol. The molecule has 0 aliphatic heterocycles. The maximum Gasteiger partial charge on any atom is 0.222 e. The first-order valence-corrected chi connectivity index (χ1v) is 7.90. The number of nitrogens with two attached hydrogens (primary N) is 1. The van der Waals surface area contributed by atoms with Crippen LogP contribution in [0.2, 0.25) is 0 Å². The van der Waals surface area contributed by atoms with Crippen molar-refractivity contribution in [1.29, 1.82) is 0 Å². The van der Waals surface area contributed by atoms with Gasteiger partial charge in [0.2, 0.25) is 5.91 Å². The summed E-state index contributed by atoms with van der Waals surface area (Å²) in [6, 6.07) is 7.58. The van der Waals surface area contributed by atoms with Crippen LogP contribution in [0.3, 0.4) is 0 Å². The number of rotatable bonds is 5. The lowest BCUT2D eigenvalue weighted by atomic mass is 10.2. The summed E-state index contributed by atoms with van der Waals surface area (Å²) in [5.41, 5.74) is 7.96. The molecule has 1 amide bonds. The minimum Gasteiger partial charge on any atom is -0.459 e. The molecule has 0 bridgehead atoms. The summed E-state index contributed by atoms with van der Waals surface area (Å²) in [6.07, 6.45) is 1.90. The molecule has 0 spiro atoms. The van der Waals surface area contributed by atoms with E-state index in [1.54, 1.807) is 6.20 Å². The van der Waals surface area contributed by atoms with E-state index in [1.807, 2.05) is 30.5 Å². The molecule has 114 valence electrons. The van der Waals surface area contributed by atoms with Crippen molar-refractivity contribution < 1.29 is 9.21 Å². The van der Waals surface area contributed by atoms with E-state index < -0.39 is 0 Å². The Morgan fingerprint density at radius 3 is 3.09 bits per heavy atom. The highest BCUT2D eigenvalue weighted by molar-refractivity contribution is 7.09. The fourth-order valence-electron chi connectivity index (χ4n) is 2.27. The zero-order valence-corrected chi connectivity index (χ0v) is 13.0. The number of carbonyl (C=O) groups is 1. The van der Waals surface area contributed by atoms with E-state index in [1.165, 1.54) is 16.9 Å². The van der Waals surface area contributed by atoms with Gasteiger partial charge in [-0.15, -0.1) is 11.3 Å². The van der Waals surface area contributed by atoms with Gasteiger partial charge in [-0.2, -0.15) is 0 Å². The molecule has 3 N–H and O–H groups in total. The van der Waals surface area contributed by atoms with Crippen LogP contribution in [-0.2, 0) is 11.3 Å². The molecule has 0 radical (unpaired) electrons. The van der Waals surface area contributed by atoms with Crippen LogP contribution in [0.5, 0.6) is 0 Å². The third-order valence-electron chi connectivity index (χ3n) is 3.36. The van der Waals surface area contributed by atoms with Gasteiger partial charge in [0, 0.05) is 23.4 Å². The standard InChI is InChI=1S/C16H17N3O2S/c1-10-2-3-14-11(6-10)7-12(21-14)9-19-15(20)8-13(17)16-18-4-5-22-16/h2-7,13H,8-9,17H2,1H3,(H,19,20). The van der Waals surface area contributed by atoms with E-state index in [9.17, 15) is 4.79 Å². The smallest absolute Gasteiger partial charge is 0.222 e. The van der Waals surface area contributed by atoms with Crippen LogP contribution in [0.1, 0.15) is 28.8 Å². The molecule has 2 aromatic heterocycles. The van der Waals surface area contributed by atoms with Crippen molar-refractivity contribution in [2.45, 2.75) is 25.9 Å². The van der Waals surface area contributed by atoms with Crippen LogP contribution in [0, 0.1) is 6.92 Å². The summed E-state index contributed by atoms with van der Waals surface area (Å²) < 4.78 is 5.69. The zero-order chi connectivity index (χ0) is 15.5. The van der Waals surface area contributed by atoms with Crippen LogP contribution in [0.15, 0.2) is 40.3 Å². The Labute approximate surface area is 132 Å². The number of hydrogen-bond donors (Lipinski definition) is 2. The molecule has 0 saturated heterocycles. The zero-order valence-electron chi connectivity index (χ0n) is 12.2. The van der Waals surface area contributed by atoms with Gasteiger partial charge in [0.05, 0.1) is 12.6 Å². The molecule has 1 atom stereocenters. The Kier molecular flexibility index (Phi) is 4.22. The number of thiazole rings is 1. The van der Waals surface area contributed by atoms with Crippen molar-refractivity contribution in [2.24, 2.45) is 5.73 Å². The summed E-state index contributed by atoms with van der Waals surface area (Å²) >= 11 is 1.46. The average Bonchev–Trinajstić information content (AvgIpc) is 3.13. The molecule has 2 heterocycles. The van der Waals surface area contributed by atoms with Gasteiger partial charge in [0.15, 0.2) is 0 Å². The van der Waals surface area contributed by atoms with E-state index in [0.29, 0.717) is 6.54 Å². The molecule has 0 fully saturated rings. The second-order valence-electron chi connectivity index (χ2n) is 5.21. The monoisotopic (exact) mass is 315 g/mol. The number of nitrogens with one attached hydrogen (secondary N) is 1. The molecule has 0 aliphatic rings. The van der Waals surface area contributed by atoms with E-state index in [0.717, 1.165) is 21.7 Å². The number of furan rings is 1. The van der Waals surface area contributed by atoms with Crippen molar-refractivity contribution in [3.8, 4) is 0 Å². The van der Waals surface area contributed by atoms with Crippen LogP contribution >= 0.6 is 11.3 Å². The Bertz CT molecular complexity index is 780. The van der Waals surface area contributed by atoms with Gasteiger partial charge >= 0.3 is 0 Å². The van der Waals surface area contributed by atoms with Gasteiger partial charge in [-0.3, -0.25) is 4.79 Å². The molecule has 0 aliphatic carbocycles. The highest BCUT2D eigenvalue weighted by Crippen LogP contribution is 2.21. The predicted octanol–water partition coefficient (Wildman–Crippen LogP) is 2.90. The van der Waals surface area contributed by atoms with Gasteiger partial charge in [-0.05, 0) is 25.1 Å². The van der Waals surface area contributed by atoms with E-state index in [4.69, 9.17) is 10.2 Å². The number of nitrogens with zero attached hydrogens (tertiary/aromatic N) is 1. The van der Waals surface area contributed by atoms with Gasteiger partial charge in [0.1, 0.15) is 16.4 Å². The van der Waals surface area contributed by atoms with Crippen molar-refractivity contribution in [1.82, 2.24) is 10.3 Å². The van der Waals surface area contributed by atoms with E-state index in [-0.39, 0.29) is 18.4 Å². The Morgan fingerprint density at radius 1 is 1.45 bits per heavy atom. The molecule has 0 saturated carbocycles. The van der Waals surface area contributed by atoms with E-state index >= 15 is 0 Å². The molecule has 6 heteroatoms. The number of aromatic nitrogens is 1. The normalized spacial score (nSPS) is 12.5. The summed E-state index contributed by atoms with van der Waals surface area (Å²) in [7, 11) is 0. The SMILES string of the molecule is Cc1ccc2oc(CNC(=O)CC(N)c3nccs3)cc2c1. The second kappa shape index (κ2) is 6.29. The topological polar surface area (TPSA) is 81.2 Å². The maximum atomic E-state index is 11.9. The van der Waals surface area contributed by atoms with Crippen molar-refractivity contribution in [2.75, 3.05) is 0 Å². The Balaban J connectivity index is 1.58. The summed E-state index contributed by atoms with van der Waals surface area (Å²) in [5, 5.41) is 6.50. The van der Waals surface area contributed by atoms with Crippen LogP contribution < -0.4 is 11.1 Å². The van der Waals surface area contributed by atoms with Gasteiger partial charge < -0.3 is 15.5 Å². The molecule has 22 heavy (non-hydrogen) atoms. The van der Waals surface area contributed by atoms with Crippen molar-refractivity contribution in [3.63, 3.8) is 0 Å². The molecule has 3 rings (SSSR count). The van der Waals surface area contributed by atoms with Crippen LogP contribution in [-0.4, -0.2) is 10.9 Å². The first-order chi connectivity index (χ1) is 10.6. The lowest BCUT2D eigenvalue weighted by Crippen LogP contribution is -2.26. The minimum atomic E-state index is -0.363. The second-order valence-corrected chi connectivity index (χ2v) is 6.14. The van der Waals surface area contributed by atoms with Crippen LogP contribution in [0.25, 0.3) is 11.0 Å². The summed E-state index contributed by atoms with van der Waals surface area (Å²) in [4.78, 5) is 16.1. The third-order valence-corrected chi connectivity index (χ3v) is 4.26. The van der Waals surface area contributed by atoms with Crippen LogP contribution in [0.4, 0.5) is 0 Å². The molecule has 1 unspecified atom stereocenters. The lowest BCUT2D eigenvalue weighted by molar-refractivity contribution is -0.121. The lowest BCUT2D eigenvalue weighted by Gasteiger charge is -2.08. The number of fused-ring (bicyclic) bond motifs is 1. The van der Waals surface area contributed by atoms with Crippen molar-refractivity contribution >= 4 is 28.2 Å². The third kappa shape index (κ3) is 3.35. The minimum absolute atomic E-state index is 0.112. The maximum absolute atomic E-state index is 11.9. The predicted molar refractivity (Wildman–Crippen MR) is 86.5 cm³/mol. The summed E-state index contributed by atoms with van der Waals surface area (Å²) in [5.74, 6) is 0.621. The number of hydrogen-bond acceptors (Lipinski definition) is 5. The van der Waals surface area contributed by atoms with Gasteiger partial charge in [0.25, 0.3) is 0 Å². The quantitative estimate of drug-likeness (QED) is 0.758. The number of amides is 1. The van der Waals surface area contributed by atoms with Gasteiger partial charge in [-0.1, -0.05) is 11.6 Å². The highest BCUT2D eigenvalue weighted by Gasteiger charge is 2.14. The Morgan fingerprint density at radius 2 is 2.32 bits per heavy atom.